The highest BCUT2D eigenvalue weighted by molar-refractivity contribution is 7.80. The van der Waals surface area contributed by atoms with E-state index < -0.39 is 265 Å². The van der Waals surface area contributed by atoms with Crippen LogP contribution in [0.1, 0.15) is 142 Å². The summed E-state index contributed by atoms with van der Waals surface area (Å²) >= 11 is 4.67. The highest BCUT2D eigenvalue weighted by Gasteiger charge is 2.47. The van der Waals surface area contributed by atoms with Gasteiger partial charge in [0, 0.05) is 157 Å². The summed E-state index contributed by atoms with van der Waals surface area (Å²) in [6, 6.07) is 28.5. The fourth-order valence-electron chi connectivity index (χ4n) is 19.8. The van der Waals surface area contributed by atoms with Crippen LogP contribution in [0.25, 0.3) is 21.8 Å². The molecule has 0 bridgehead atoms. The van der Waals surface area contributed by atoms with Crippen molar-refractivity contribution in [2.24, 2.45) is 29.2 Å². The summed E-state index contributed by atoms with van der Waals surface area (Å²) in [6.07, 6.45) is -2.29. The van der Waals surface area contributed by atoms with E-state index in [-0.39, 0.29) is 127 Å². The molecule has 9 aromatic rings. The number of hydrogen-bond acceptors (Lipinski definition) is 21. The maximum Gasteiger partial charge on any atom is 0.326 e. The van der Waals surface area contributed by atoms with E-state index in [2.05, 4.69) is 54.5 Å². The number of thiol groups is 1. The number of Topliss-reactive ketones (excluding diaryl/α,β-unsaturated/α-hetero) is 3. The molecule has 3 fully saturated rings. The van der Waals surface area contributed by atoms with Gasteiger partial charge in [-0.05, 0) is 172 Å². The number of aliphatic carboxylic acids is 1. The molecular weight excluding hydrogens is 1920 g/mol. The SMILES string of the molecule is CC(=N)NCCC[C@H](CC(=O)[C@@H]1CCCN1C(=O)[C@@H]1CC(=O)N(C)[C@@H](CS)C(=O)N(C)[C@@H](Cc2ccccc2)C(=O)C[C@@H](Cc2ccc(O)c(F)c2)C(=O)C[C@@H](Cc2c[nH]c3ccccc23)C(=O)N(C)[C@@H](Cc2ccccc2)C(=O)N2CCCC2C(=O)N[C@@H](CCC(N)=O)C(=O)N(C)[C@@H](Cc2ccccc2)C(=O)N[C@@H](CCCCN)C(=O)N[C@@H](Cc2c[nH]c3ccccc23)C(=O)N1)C(=O)N[C@@H](Cc1ccc(O)c(F)c1)C(=O)O. The quantitative estimate of drug-likeness (QED) is 0.00855. The molecule has 36 nitrogen and oxygen atoms in total. The maximum absolute atomic E-state index is 16.3. The third-order valence-electron chi connectivity index (χ3n) is 28.2. The lowest BCUT2D eigenvalue weighted by atomic mass is 9.82. The van der Waals surface area contributed by atoms with Gasteiger partial charge in [-0.3, -0.25) is 77.3 Å². The van der Waals surface area contributed by atoms with Gasteiger partial charge in [-0.25, -0.2) is 13.6 Å². The van der Waals surface area contributed by atoms with Crippen molar-refractivity contribution in [3.05, 3.63) is 239 Å². The number of phenolic OH excluding ortho intramolecular Hbond substituents is 2. The Morgan fingerprint density at radius 3 is 1.64 bits per heavy atom. The second-order valence-electron chi connectivity index (χ2n) is 38.6. The molecule has 0 aliphatic carbocycles. The number of phenols is 2. The standard InChI is InChI=1S/C109H131F2N17O19S/c1-64(113)115-45-21-30-70(99(136)122-85(109(146)147)51-69-39-42-93(130)78(111)50-69)57-95(132)86-36-22-46-127(86)106(143)84-60-98(135)123(2)91(63-148)107(144)124(3)88(52-65-24-9-6-10-25-65)96(133)58-71(48-68-38-41-92(129)77(110)49-68)94(131)59-72(55-73-61-116-79-33-17-15-31-75(73)79)104(141)126(5)90(54-67-28-13-8-14-29-67)108(145)128-47-23-37-87(128)102(139)119-82(40-43-97(114)134)105(142)125(4)89(53-66-26-11-7-12-27-66)103(140)118-81(35-19-20-44-112)100(137)120-83(101(138)121-84)56-74-62-117-80-34-18-16-32-76(74)80/h6-18,24-29,31-34,38-39,41-42,49-50,61-62,70-72,81-91,116-117,129-130,148H,19-23,30,35-37,40,43-48,51-60,63,112H2,1-5H3,(H2,113,115)(H2,114,134)(H,118,140)(H,119,139)(H,120,137)(H,121,138)(H,122,136)(H,146,147)/t70-,71-,72-,81+,82+,83+,84+,85+,86+,87?,88+,89+,90+,91+/m1/s1. The number of primary amides is 1. The molecule has 0 saturated carbocycles. The summed E-state index contributed by atoms with van der Waals surface area (Å²) < 4.78 is 30.5. The molecule has 12 rings (SSSR count). The number of benzene rings is 7. The number of H-pyrrole nitrogens is 2. The number of hydrogen-bond donors (Lipinski definition) is 15. The molecule has 3 aliphatic heterocycles. The van der Waals surface area contributed by atoms with Crippen LogP contribution in [0.2, 0.25) is 0 Å². The number of nitrogens with one attached hydrogen (secondary N) is 9. The van der Waals surface area contributed by atoms with E-state index in [4.69, 9.17) is 16.9 Å². The lowest BCUT2D eigenvalue weighted by Gasteiger charge is -2.36. The number of nitrogens with zero attached hydrogens (tertiary/aromatic N) is 6. The average Bonchev–Trinajstić information content (AvgIpc) is 1.68. The number of carboxylic acids is 1. The second-order valence-corrected chi connectivity index (χ2v) is 39.0. The molecule has 7 aromatic carbocycles. The average molecular weight is 2050 g/mol. The monoisotopic (exact) mass is 2050 g/mol. The minimum atomic E-state index is -2.06. The molecular formula is C109H131F2N17O19S. The van der Waals surface area contributed by atoms with Crippen molar-refractivity contribution in [2.75, 3.05) is 60.1 Å². The third-order valence-corrected chi connectivity index (χ3v) is 28.6. The van der Waals surface area contributed by atoms with E-state index in [1.807, 2.05) is 12.1 Å². The number of aromatic nitrogens is 2. The van der Waals surface area contributed by atoms with E-state index in [0.29, 0.717) is 49.6 Å². The zero-order valence-electron chi connectivity index (χ0n) is 83.5. The van der Waals surface area contributed by atoms with Gasteiger partial charge in [0.2, 0.25) is 70.9 Å². The molecule has 12 amide bonds. The van der Waals surface area contributed by atoms with Crippen LogP contribution in [0.3, 0.4) is 0 Å². The Bertz CT molecular complexity index is 6290. The van der Waals surface area contributed by atoms with Gasteiger partial charge < -0.3 is 98.1 Å². The highest BCUT2D eigenvalue weighted by Crippen LogP contribution is 2.34. The van der Waals surface area contributed by atoms with Crippen LogP contribution in [0.5, 0.6) is 11.5 Å². The number of halogens is 2. The number of carboxylic acid groups (broad SMARTS) is 1. The topological polar surface area (TPSA) is 533 Å². The van der Waals surface area contributed by atoms with Crippen molar-refractivity contribution in [2.45, 2.75) is 215 Å². The number of para-hydroxylation sites is 2. The van der Waals surface area contributed by atoms with E-state index in [1.54, 1.807) is 140 Å². The van der Waals surface area contributed by atoms with Crippen molar-refractivity contribution in [3.8, 4) is 11.5 Å². The van der Waals surface area contributed by atoms with Crippen LogP contribution in [0.4, 0.5) is 8.78 Å². The number of ketones is 3. The molecule has 0 spiro atoms. The summed E-state index contributed by atoms with van der Waals surface area (Å²) in [4.78, 5) is 261. The van der Waals surface area contributed by atoms with Gasteiger partial charge in [-0.15, -0.1) is 0 Å². The number of fused-ring (bicyclic) bond motifs is 3. The predicted octanol–water partition coefficient (Wildman–Crippen LogP) is 6.96. The molecule has 14 atom stereocenters. The van der Waals surface area contributed by atoms with Crippen LogP contribution in [0, 0.1) is 34.8 Å². The Hall–Kier alpha value is -15.0. The first-order valence-corrected chi connectivity index (χ1v) is 50.6. The Morgan fingerprint density at radius 2 is 1.05 bits per heavy atom. The first-order valence-electron chi connectivity index (χ1n) is 49.9. The van der Waals surface area contributed by atoms with E-state index in [1.165, 1.54) is 57.0 Å². The molecule has 2 aromatic heterocycles. The van der Waals surface area contributed by atoms with Gasteiger partial charge in [0.25, 0.3) is 0 Å². The Balaban J connectivity index is 0.979. The smallest absolute Gasteiger partial charge is 0.326 e. The van der Waals surface area contributed by atoms with Gasteiger partial charge in [0.1, 0.15) is 60.2 Å². The Morgan fingerprint density at radius 1 is 0.520 bits per heavy atom. The molecule has 0 radical (unpaired) electrons. The normalized spacial score (nSPS) is 21.9. The van der Waals surface area contributed by atoms with Gasteiger partial charge in [-0.1, -0.05) is 140 Å². The number of carbonyl (C=O) groups excluding carboxylic acids is 15. The number of nitrogens with two attached hydrogens (primary N) is 2. The van der Waals surface area contributed by atoms with Crippen LogP contribution >= 0.6 is 12.6 Å². The summed E-state index contributed by atoms with van der Waals surface area (Å²) in [5, 5.41) is 56.8. The van der Waals surface area contributed by atoms with Crippen LogP contribution in [0.15, 0.2) is 188 Å². The molecule has 5 heterocycles. The number of aromatic amines is 2. The van der Waals surface area contributed by atoms with Gasteiger partial charge in [-0.2, -0.15) is 12.6 Å². The summed E-state index contributed by atoms with van der Waals surface area (Å²) in [5.41, 5.74) is 15.9. The minimum Gasteiger partial charge on any atom is -0.505 e. The predicted molar refractivity (Wildman–Crippen MR) is 551 cm³/mol. The highest BCUT2D eigenvalue weighted by atomic mass is 32.1. The molecule has 39 heteroatoms. The second kappa shape index (κ2) is 52.9. The number of likely N-dealkylation sites (tertiary alicyclic amines) is 1. The minimum absolute atomic E-state index is 0.0147. The summed E-state index contributed by atoms with van der Waals surface area (Å²) in [5.74, 6) is -23.2. The number of amides is 12. The fraction of sp³-hybridized carbons (Fsp3) is 0.422. The van der Waals surface area contributed by atoms with Crippen LogP contribution in [-0.2, 0) is 122 Å². The molecule has 148 heavy (non-hydrogen) atoms. The van der Waals surface area contributed by atoms with Crippen molar-refractivity contribution in [1.82, 2.24) is 71.3 Å². The number of amidine groups is 1. The Labute approximate surface area is 861 Å². The first-order chi connectivity index (χ1) is 70.9. The van der Waals surface area contributed by atoms with Crippen molar-refractivity contribution in [3.63, 3.8) is 0 Å². The maximum atomic E-state index is 16.3. The molecule has 1 unspecified atom stereocenters. The number of rotatable bonds is 33. The molecule has 16 N–H and O–H groups in total. The van der Waals surface area contributed by atoms with Crippen molar-refractivity contribution >= 4 is 134 Å². The molecule has 786 valence electrons. The van der Waals surface area contributed by atoms with Gasteiger partial charge in [0.15, 0.2) is 34.7 Å². The first kappa shape index (κ1) is 112. The Kier molecular flexibility index (Phi) is 39.9. The fourth-order valence-corrected chi connectivity index (χ4v) is 20.2. The largest absolute Gasteiger partial charge is 0.505 e. The number of unbranched alkanes of at least 4 members (excludes halogenated alkanes) is 1. The molecule has 3 saturated heterocycles. The lowest BCUT2D eigenvalue weighted by molar-refractivity contribution is -0.150. The third kappa shape index (κ3) is 29.5. The van der Waals surface area contributed by atoms with Crippen LogP contribution in [-0.4, -0.2) is 281 Å². The van der Waals surface area contributed by atoms with E-state index in [0.717, 1.165) is 43.9 Å². The zero-order valence-corrected chi connectivity index (χ0v) is 84.4. The lowest BCUT2D eigenvalue weighted by Crippen LogP contribution is -2.61. The summed E-state index contributed by atoms with van der Waals surface area (Å²) in [7, 11) is 5.19. The van der Waals surface area contributed by atoms with E-state index >= 15 is 66.7 Å². The van der Waals surface area contributed by atoms with E-state index in [9.17, 15) is 34.1 Å². The molecule has 3 aliphatic rings. The van der Waals surface area contributed by atoms with Crippen LogP contribution < -0.4 is 43.4 Å². The van der Waals surface area contributed by atoms with Gasteiger partial charge >= 0.3 is 5.97 Å². The number of likely N-dealkylation sites (N-methyl/N-ethyl adjacent to an activating group) is 4. The number of aromatic hydroxyl groups is 2. The van der Waals surface area contributed by atoms with Crippen molar-refractivity contribution < 1.29 is 101 Å². The van der Waals surface area contributed by atoms with Crippen molar-refractivity contribution in [1.29, 1.82) is 5.41 Å². The summed E-state index contributed by atoms with van der Waals surface area (Å²) in [6.45, 7) is 1.42. The zero-order chi connectivity index (χ0) is 107. The number of carbonyl (C=O) groups is 16. The van der Waals surface area contributed by atoms with Gasteiger partial charge in [0.05, 0.1) is 24.3 Å².